The van der Waals surface area contributed by atoms with Crippen molar-refractivity contribution in [2.45, 2.75) is 0 Å². The first-order chi connectivity index (χ1) is 7.65. The lowest BCUT2D eigenvalue weighted by Gasteiger charge is -2.08. The minimum Gasteiger partial charge on any atom is -0.387 e. The molecule has 88 valence electrons. The van der Waals surface area contributed by atoms with E-state index in [4.69, 9.17) is 0 Å². The molecule has 0 spiro atoms. The quantitative estimate of drug-likeness (QED) is 0.801. The number of rotatable bonds is 5. The van der Waals surface area contributed by atoms with Gasteiger partial charge in [-0.05, 0) is 12.1 Å². The molecule has 0 bridgehead atoms. The van der Waals surface area contributed by atoms with Gasteiger partial charge in [0.2, 0.25) is 0 Å². The van der Waals surface area contributed by atoms with Crippen molar-refractivity contribution in [1.29, 1.82) is 0 Å². The highest BCUT2D eigenvalue weighted by Gasteiger charge is 2.08. The van der Waals surface area contributed by atoms with Crippen LogP contribution in [0.4, 0.5) is 5.69 Å². The van der Waals surface area contributed by atoms with Gasteiger partial charge in [0.1, 0.15) is 0 Å². The summed E-state index contributed by atoms with van der Waals surface area (Å²) in [5.74, 6) is 0.336. The zero-order valence-corrected chi connectivity index (χ0v) is 10.3. The Morgan fingerprint density at radius 2 is 2.06 bits per heavy atom. The standard InChI is InChI=1S/C11H16N2O2S/c1-12-10-6-4-3-5-9(10)11(14)13-7-8-16(2)15/h3-6,12H,7-8H2,1-2H3,(H,13,14). The molecule has 0 aliphatic carbocycles. The second-order valence-corrected chi connectivity index (χ2v) is 4.88. The highest BCUT2D eigenvalue weighted by Crippen LogP contribution is 2.13. The van der Waals surface area contributed by atoms with E-state index in [2.05, 4.69) is 10.6 Å². The van der Waals surface area contributed by atoms with Gasteiger partial charge < -0.3 is 10.6 Å². The van der Waals surface area contributed by atoms with E-state index in [1.54, 1.807) is 19.4 Å². The maximum absolute atomic E-state index is 11.8. The number of hydrogen-bond acceptors (Lipinski definition) is 3. The Morgan fingerprint density at radius 3 is 2.69 bits per heavy atom. The largest absolute Gasteiger partial charge is 0.387 e. The number of benzene rings is 1. The van der Waals surface area contributed by atoms with E-state index in [1.807, 2.05) is 18.2 Å². The van der Waals surface area contributed by atoms with Crippen LogP contribution in [-0.4, -0.2) is 35.7 Å². The summed E-state index contributed by atoms with van der Waals surface area (Å²) >= 11 is 0. The smallest absolute Gasteiger partial charge is 0.253 e. The van der Waals surface area contributed by atoms with Crippen LogP contribution in [-0.2, 0) is 10.8 Å². The second-order valence-electron chi connectivity index (χ2n) is 3.33. The minimum atomic E-state index is -0.876. The number of anilines is 1. The van der Waals surface area contributed by atoms with Gasteiger partial charge in [-0.1, -0.05) is 12.1 Å². The van der Waals surface area contributed by atoms with Crippen molar-refractivity contribution in [3.8, 4) is 0 Å². The van der Waals surface area contributed by atoms with Crippen LogP contribution in [0.3, 0.4) is 0 Å². The fourth-order valence-electron chi connectivity index (χ4n) is 1.30. The van der Waals surface area contributed by atoms with Crippen LogP contribution < -0.4 is 10.6 Å². The molecule has 2 N–H and O–H groups in total. The molecule has 1 aromatic carbocycles. The van der Waals surface area contributed by atoms with Crippen LogP contribution in [0.5, 0.6) is 0 Å². The highest BCUT2D eigenvalue weighted by molar-refractivity contribution is 7.84. The van der Waals surface area contributed by atoms with Gasteiger partial charge in [-0.15, -0.1) is 0 Å². The van der Waals surface area contributed by atoms with Gasteiger partial charge in [-0.2, -0.15) is 0 Å². The molecule has 0 aliphatic rings. The Morgan fingerprint density at radius 1 is 1.38 bits per heavy atom. The Labute approximate surface area is 97.9 Å². The van der Waals surface area contributed by atoms with E-state index < -0.39 is 10.8 Å². The van der Waals surface area contributed by atoms with Gasteiger partial charge in [-0.25, -0.2) is 0 Å². The van der Waals surface area contributed by atoms with Crippen molar-refractivity contribution in [2.75, 3.05) is 30.9 Å². The Kier molecular flexibility index (Phi) is 4.98. The Balaban J connectivity index is 2.62. The number of amides is 1. The summed E-state index contributed by atoms with van der Waals surface area (Å²) in [4.78, 5) is 11.8. The normalized spacial score (nSPS) is 11.9. The molecular formula is C11H16N2O2S. The van der Waals surface area contributed by atoms with Gasteiger partial charge >= 0.3 is 0 Å². The summed E-state index contributed by atoms with van der Waals surface area (Å²) in [6, 6.07) is 7.27. The summed E-state index contributed by atoms with van der Waals surface area (Å²) in [7, 11) is 0.895. The summed E-state index contributed by atoms with van der Waals surface area (Å²) in [6.45, 7) is 0.431. The van der Waals surface area contributed by atoms with Crippen molar-refractivity contribution < 1.29 is 9.00 Å². The van der Waals surface area contributed by atoms with Crippen molar-refractivity contribution in [3.63, 3.8) is 0 Å². The van der Waals surface area contributed by atoms with E-state index in [-0.39, 0.29) is 5.91 Å². The molecule has 1 amide bonds. The molecule has 0 radical (unpaired) electrons. The molecule has 4 nitrogen and oxygen atoms in total. The first-order valence-electron chi connectivity index (χ1n) is 5.00. The molecule has 5 heteroatoms. The van der Waals surface area contributed by atoms with Crippen LogP contribution in [0.15, 0.2) is 24.3 Å². The van der Waals surface area contributed by atoms with Crippen molar-refractivity contribution in [2.24, 2.45) is 0 Å². The monoisotopic (exact) mass is 240 g/mol. The van der Waals surface area contributed by atoms with Crippen molar-refractivity contribution >= 4 is 22.4 Å². The lowest BCUT2D eigenvalue weighted by atomic mass is 10.1. The molecule has 0 aromatic heterocycles. The Hall–Kier alpha value is -1.36. The van der Waals surface area contributed by atoms with Gasteiger partial charge in [0.05, 0.1) is 5.56 Å². The molecule has 16 heavy (non-hydrogen) atoms. The SMILES string of the molecule is CNc1ccccc1C(=O)NCCS(C)=O. The molecule has 0 saturated carbocycles. The average Bonchev–Trinajstić information content (AvgIpc) is 2.28. The predicted octanol–water partition coefficient (Wildman–Crippen LogP) is 0.837. The van der Waals surface area contributed by atoms with Crippen LogP contribution >= 0.6 is 0 Å². The lowest BCUT2D eigenvalue weighted by Crippen LogP contribution is -2.28. The zero-order valence-electron chi connectivity index (χ0n) is 9.45. The summed E-state index contributed by atoms with van der Waals surface area (Å²) in [6.07, 6.45) is 1.62. The fourth-order valence-corrected chi connectivity index (χ4v) is 1.69. The predicted molar refractivity (Wildman–Crippen MR) is 67.3 cm³/mol. The number of carbonyl (C=O) groups excluding carboxylic acids is 1. The topological polar surface area (TPSA) is 58.2 Å². The number of nitrogens with one attached hydrogen (secondary N) is 2. The summed E-state index contributed by atoms with van der Waals surface area (Å²) < 4.78 is 10.8. The maximum Gasteiger partial charge on any atom is 0.253 e. The van der Waals surface area contributed by atoms with Crippen LogP contribution in [0, 0.1) is 0 Å². The molecule has 0 saturated heterocycles. The van der Waals surface area contributed by atoms with Gasteiger partial charge in [0.15, 0.2) is 0 Å². The lowest BCUT2D eigenvalue weighted by molar-refractivity contribution is 0.0957. The van der Waals surface area contributed by atoms with Crippen molar-refractivity contribution in [1.82, 2.24) is 5.32 Å². The highest BCUT2D eigenvalue weighted by atomic mass is 32.2. The Bertz CT molecular complexity index is 393. The molecular weight excluding hydrogens is 224 g/mol. The number of para-hydroxylation sites is 1. The van der Waals surface area contributed by atoms with E-state index in [9.17, 15) is 9.00 Å². The molecule has 1 atom stereocenters. The fraction of sp³-hybridized carbons (Fsp3) is 0.364. The summed E-state index contributed by atoms with van der Waals surface area (Å²) in [5.41, 5.74) is 1.39. The minimum absolute atomic E-state index is 0.143. The van der Waals surface area contributed by atoms with E-state index in [1.165, 1.54) is 0 Å². The first-order valence-corrected chi connectivity index (χ1v) is 6.73. The molecule has 0 fully saturated rings. The molecule has 0 aliphatic heterocycles. The first kappa shape index (κ1) is 12.7. The van der Waals surface area contributed by atoms with Gasteiger partial charge in [-0.3, -0.25) is 9.00 Å². The maximum atomic E-state index is 11.8. The van der Waals surface area contributed by atoms with Crippen molar-refractivity contribution in [3.05, 3.63) is 29.8 Å². The van der Waals surface area contributed by atoms with E-state index >= 15 is 0 Å². The zero-order chi connectivity index (χ0) is 12.0. The van der Waals surface area contributed by atoms with Crippen LogP contribution in [0.25, 0.3) is 0 Å². The van der Waals surface area contributed by atoms with Crippen LogP contribution in [0.2, 0.25) is 0 Å². The second kappa shape index (κ2) is 6.27. The van der Waals surface area contributed by atoms with E-state index in [0.717, 1.165) is 5.69 Å². The number of carbonyl (C=O) groups is 1. The van der Waals surface area contributed by atoms with Crippen LogP contribution in [0.1, 0.15) is 10.4 Å². The molecule has 1 aromatic rings. The van der Waals surface area contributed by atoms with Gasteiger partial charge in [0, 0.05) is 42.1 Å². The molecule has 1 rings (SSSR count). The third-order valence-corrected chi connectivity index (χ3v) is 2.90. The van der Waals surface area contributed by atoms with E-state index in [0.29, 0.717) is 17.9 Å². The molecule has 1 unspecified atom stereocenters. The average molecular weight is 240 g/mol. The molecule has 0 heterocycles. The third kappa shape index (κ3) is 3.66. The summed E-state index contributed by atoms with van der Waals surface area (Å²) in [5, 5.41) is 5.69. The number of hydrogen-bond donors (Lipinski definition) is 2. The third-order valence-electron chi connectivity index (χ3n) is 2.12. The van der Waals surface area contributed by atoms with Gasteiger partial charge in [0.25, 0.3) is 5.91 Å².